The Hall–Kier alpha value is -1.40. The largest absolute Gasteiger partial charge is 0.378 e. The van der Waals surface area contributed by atoms with Crippen molar-refractivity contribution < 1.29 is 4.79 Å². The molecule has 1 aliphatic rings. The minimum Gasteiger partial charge on any atom is -0.378 e. The van der Waals surface area contributed by atoms with E-state index in [1.54, 1.807) is 30.0 Å². The van der Waals surface area contributed by atoms with Crippen LogP contribution in [0, 0.1) is 0 Å². The standard InChI is InChI=1S/C14H15N3OS2/c1-8(18)11-7-19-13(16-11)14-15-10-5-4-9(17(2)3)6-12(10)20-14/h4-6,11H,7H2,1-3H3. The van der Waals surface area contributed by atoms with E-state index in [0.29, 0.717) is 0 Å². The van der Waals surface area contributed by atoms with Crippen LogP contribution >= 0.6 is 23.1 Å². The van der Waals surface area contributed by atoms with Crippen LogP contribution in [-0.2, 0) is 4.79 Å². The summed E-state index contributed by atoms with van der Waals surface area (Å²) in [7, 11) is 4.05. The summed E-state index contributed by atoms with van der Waals surface area (Å²) in [6.07, 6.45) is 0. The van der Waals surface area contributed by atoms with Gasteiger partial charge in [-0.3, -0.25) is 9.79 Å². The van der Waals surface area contributed by atoms with E-state index in [2.05, 4.69) is 27.0 Å². The van der Waals surface area contributed by atoms with E-state index in [1.807, 2.05) is 20.2 Å². The number of benzene rings is 1. The Morgan fingerprint density at radius 2 is 2.20 bits per heavy atom. The fraction of sp³-hybridized carbons (Fsp3) is 0.357. The first-order valence-electron chi connectivity index (χ1n) is 6.34. The van der Waals surface area contributed by atoms with Crippen molar-refractivity contribution in [2.75, 3.05) is 24.7 Å². The van der Waals surface area contributed by atoms with Gasteiger partial charge in [0.05, 0.1) is 10.2 Å². The van der Waals surface area contributed by atoms with Crippen molar-refractivity contribution >= 4 is 49.8 Å². The summed E-state index contributed by atoms with van der Waals surface area (Å²) in [5.74, 6) is 0.868. The van der Waals surface area contributed by atoms with Crippen molar-refractivity contribution in [3.63, 3.8) is 0 Å². The maximum absolute atomic E-state index is 11.4. The number of anilines is 1. The Morgan fingerprint density at radius 3 is 2.85 bits per heavy atom. The van der Waals surface area contributed by atoms with E-state index >= 15 is 0 Å². The van der Waals surface area contributed by atoms with Gasteiger partial charge in [-0.05, 0) is 25.1 Å². The second kappa shape index (κ2) is 5.18. The van der Waals surface area contributed by atoms with Gasteiger partial charge in [-0.1, -0.05) is 0 Å². The molecule has 4 nitrogen and oxygen atoms in total. The lowest BCUT2D eigenvalue weighted by atomic mass is 10.2. The number of aliphatic imine (C=N–C) groups is 1. The lowest BCUT2D eigenvalue weighted by Gasteiger charge is -2.11. The number of rotatable bonds is 3. The molecule has 2 heterocycles. The molecular formula is C14H15N3OS2. The van der Waals surface area contributed by atoms with E-state index in [1.165, 1.54) is 0 Å². The molecule has 0 aliphatic carbocycles. The third-order valence-electron chi connectivity index (χ3n) is 3.19. The number of thiazole rings is 1. The quantitative estimate of drug-likeness (QED) is 0.875. The number of carbonyl (C=O) groups excluding carboxylic acids is 1. The first kappa shape index (κ1) is 13.6. The van der Waals surface area contributed by atoms with Gasteiger partial charge in [0.1, 0.15) is 16.1 Å². The fourth-order valence-corrected chi connectivity index (χ4v) is 4.17. The minimum absolute atomic E-state index is 0.128. The second-order valence-electron chi connectivity index (χ2n) is 4.94. The zero-order chi connectivity index (χ0) is 14.3. The highest BCUT2D eigenvalue weighted by molar-refractivity contribution is 8.15. The van der Waals surface area contributed by atoms with E-state index < -0.39 is 0 Å². The first-order valence-corrected chi connectivity index (χ1v) is 8.14. The Morgan fingerprint density at radius 1 is 1.40 bits per heavy atom. The molecule has 2 aromatic rings. The fourth-order valence-electron chi connectivity index (χ4n) is 1.98. The molecule has 6 heteroatoms. The topological polar surface area (TPSA) is 45.6 Å². The molecule has 104 valence electrons. The Balaban J connectivity index is 1.97. The van der Waals surface area contributed by atoms with Crippen molar-refractivity contribution in [2.24, 2.45) is 4.99 Å². The maximum Gasteiger partial charge on any atom is 0.155 e. The highest BCUT2D eigenvalue weighted by atomic mass is 32.2. The molecule has 1 unspecified atom stereocenters. The zero-order valence-electron chi connectivity index (χ0n) is 11.6. The minimum atomic E-state index is -0.195. The predicted octanol–water partition coefficient (Wildman–Crippen LogP) is 2.81. The number of aromatic nitrogens is 1. The number of hydrogen-bond donors (Lipinski definition) is 0. The van der Waals surface area contributed by atoms with Crippen molar-refractivity contribution in [2.45, 2.75) is 13.0 Å². The van der Waals surface area contributed by atoms with Crippen molar-refractivity contribution in [3.8, 4) is 0 Å². The molecule has 0 fully saturated rings. The average Bonchev–Trinajstić information content (AvgIpc) is 3.04. The molecule has 20 heavy (non-hydrogen) atoms. The zero-order valence-corrected chi connectivity index (χ0v) is 13.2. The molecule has 0 radical (unpaired) electrons. The van der Waals surface area contributed by atoms with Gasteiger partial charge in [0.2, 0.25) is 0 Å². The molecule has 1 aromatic heterocycles. The number of carbonyl (C=O) groups is 1. The molecule has 0 amide bonds. The number of fused-ring (bicyclic) bond motifs is 1. The van der Waals surface area contributed by atoms with Crippen LogP contribution in [0.2, 0.25) is 0 Å². The second-order valence-corrected chi connectivity index (χ2v) is 6.98. The predicted molar refractivity (Wildman–Crippen MR) is 87.4 cm³/mol. The van der Waals surface area contributed by atoms with Crippen LogP contribution in [-0.4, -0.2) is 41.7 Å². The van der Waals surface area contributed by atoms with Crippen LogP contribution in [0.15, 0.2) is 23.2 Å². The molecule has 3 rings (SSSR count). The third kappa shape index (κ3) is 2.45. The van der Waals surface area contributed by atoms with Crippen LogP contribution in [0.3, 0.4) is 0 Å². The van der Waals surface area contributed by atoms with Gasteiger partial charge in [0.25, 0.3) is 0 Å². The van der Waals surface area contributed by atoms with E-state index in [4.69, 9.17) is 0 Å². The van der Waals surface area contributed by atoms with E-state index in [-0.39, 0.29) is 11.8 Å². The van der Waals surface area contributed by atoms with Gasteiger partial charge in [-0.25, -0.2) is 4.98 Å². The lowest BCUT2D eigenvalue weighted by Crippen LogP contribution is -2.14. The monoisotopic (exact) mass is 305 g/mol. The molecule has 1 atom stereocenters. The molecule has 0 N–H and O–H groups in total. The average molecular weight is 305 g/mol. The van der Waals surface area contributed by atoms with Crippen LogP contribution in [0.5, 0.6) is 0 Å². The number of Topliss-reactive ketones (excluding diaryl/α,β-unsaturated/α-hetero) is 1. The maximum atomic E-state index is 11.4. The van der Waals surface area contributed by atoms with E-state index in [9.17, 15) is 4.79 Å². The number of ketones is 1. The lowest BCUT2D eigenvalue weighted by molar-refractivity contribution is -0.117. The molecular weight excluding hydrogens is 290 g/mol. The van der Waals surface area contributed by atoms with Crippen LogP contribution in [0.25, 0.3) is 10.2 Å². The van der Waals surface area contributed by atoms with Crippen LogP contribution < -0.4 is 4.90 Å². The smallest absolute Gasteiger partial charge is 0.155 e. The Labute approximate surface area is 125 Å². The Bertz CT molecular complexity index is 706. The van der Waals surface area contributed by atoms with Crippen molar-refractivity contribution in [3.05, 3.63) is 23.2 Å². The normalized spacial score (nSPS) is 18.4. The summed E-state index contributed by atoms with van der Waals surface area (Å²) in [6, 6.07) is 6.04. The highest BCUT2D eigenvalue weighted by Crippen LogP contribution is 2.31. The van der Waals surface area contributed by atoms with Crippen molar-refractivity contribution in [1.82, 2.24) is 4.98 Å². The molecule has 1 aromatic carbocycles. The molecule has 1 aliphatic heterocycles. The van der Waals surface area contributed by atoms with Crippen LogP contribution in [0.4, 0.5) is 5.69 Å². The SMILES string of the molecule is CC(=O)C1CSC(c2nc3ccc(N(C)C)cc3s2)=N1. The van der Waals surface area contributed by atoms with Crippen LogP contribution in [0.1, 0.15) is 11.9 Å². The molecule has 0 bridgehead atoms. The van der Waals surface area contributed by atoms with Gasteiger partial charge in [-0.15, -0.1) is 23.1 Å². The van der Waals surface area contributed by atoms with Gasteiger partial charge >= 0.3 is 0 Å². The molecule has 0 saturated heterocycles. The summed E-state index contributed by atoms with van der Waals surface area (Å²) in [5.41, 5.74) is 2.15. The number of thioether (sulfide) groups is 1. The third-order valence-corrected chi connectivity index (χ3v) is 5.40. The van der Waals surface area contributed by atoms with Gasteiger partial charge in [-0.2, -0.15) is 0 Å². The van der Waals surface area contributed by atoms with Gasteiger partial charge < -0.3 is 4.90 Å². The number of hydrogen-bond acceptors (Lipinski definition) is 6. The Kier molecular flexibility index (Phi) is 3.52. The molecule has 0 saturated carbocycles. The van der Waals surface area contributed by atoms with Gasteiger partial charge in [0.15, 0.2) is 5.78 Å². The summed E-state index contributed by atoms with van der Waals surface area (Å²) in [4.78, 5) is 22.6. The summed E-state index contributed by atoms with van der Waals surface area (Å²) in [6.45, 7) is 1.60. The highest BCUT2D eigenvalue weighted by Gasteiger charge is 2.24. The molecule has 0 spiro atoms. The summed E-state index contributed by atoms with van der Waals surface area (Å²) in [5, 5.41) is 1.82. The summed E-state index contributed by atoms with van der Waals surface area (Å²) < 4.78 is 1.15. The number of nitrogens with zero attached hydrogens (tertiary/aromatic N) is 3. The summed E-state index contributed by atoms with van der Waals surface area (Å²) >= 11 is 3.26. The van der Waals surface area contributed by atoms with Crippen molar-refractivity contribution in [1.29, 1.82) is 0 Å². The van der Waals surface area contributed by atoms with Gasteiger partial charge in [0, 0.05) is 25.5 Å². The first-order chi connectivity index (χ1) is 9.54. The van der Waals surface area contributed by atoms with E-state index in [0.717, 1.165) is 31.7 Å².